The number of benzene rings is 1. The molecule has 1 aromatic carbocycles. The molecule has 0 unspecified atom stereocenters. The summed E-state index contributed by atoms with van der Waals surface area (Å²) in [6.45, 7) is 0. The molecule has 2 heterocycles. The van der Waals surface area contributed by atoms with Gasteiger partial charge in [0, 0.05) is 28.2 Å². The van der Waals surface area contributed by atoms with Crippen LogP contribution in [0.25, 0.3) is 10.9 Å². The molecule has 3 aromatic rings. The normalized spacial score (nSPS) is 10.7. The molecule has 0 amide bonds. The van der Waals surface area contributed by atoms with Crippen molar-refractivity contribution in [1.29, 1.82) is 5.41 Å². The van der Waals surface area contributed by atoms with Gasteiger partial charge in [0.1, 0.15) is 10.9 Å². The van der Waals surface area contributed by atoms with E-state index in [1.54, 1.807) is 24.5 Å². The van der Waals surface area contributed by atoms with E-state index < -0.39 is 0 Å². The monoisotopic (exact) mass is 314 g/mol. The lowest BCUT2D eigenvalue weighted by Gasteiger charge is -2.11. The summed E-state index contributed by atoms with van der Waals surface area (Å²) in [6.07, 6.45) is 3.30. The predicted octanol–water partition coefficient (Wildman–Crippen LogP) is 3.72. The Labute approximate surface area is 130 Å². The number of nitrogens with one attached hydrogen (secondary N) is 1. The van der Waals surface area contributed by atoms with E-state index >= 15 is 0 Å². The number of halogens is 1. The fraction of sp³-hybridized carbons (Fsp3) is 0. The molecule has 3 N–H and O–H groups in total. The summed E-state index contributed by atoms with van der Waals surface area (Å²) >= 11 is 7.57. The van der Waals surface area contributed by atoms with Crippen molar-refractivity contribution in [3.63, 3.8) is 0 Å². The van der Waals surface area contributed by atoms with Crippen molar-refractivity contribution in [3.05, 3.63) is 59.4 Å². The van der Waals surface area contributed by atoms with Crippen LogP contribution in [0.5, 0.6) is 0 Å². The molecule has 4 nitrogen and oxygen atoms in total. The van der Waals surface area contributed by atoms with E-state index in [4.69, 9.17) is 22.7 Å². The van der Waals surface area contributed by atoms with Crippen LogP contribution in [0.3, 0.4) is 0 Å². The maximum atomic E-state index is 7.74. The molecule has 21 heavy (non-hydrogen) atoms. The molecule has 3 rings (SSSR count). The van der Waals surface area contributed by atoms with Crippen molar-refractivity contribution in [2.75, 3.05) is 0 Å². The average Bonchev–Trinajstić information content (AvgIpc) is 2.49. The average molecular weight is 315 g/mol. The number of hydrogen-bond acceptors (Lipinski definition) is 4. The van der Waals surface area contributed by atoms with Crippen LogP contribution in [-0.2, 0) is 0 Å². The minimum absolute atomic E-state index is 0.0252. The highest BCUT2D eigenvalue weighted by molar-refractivity contribution is 7.99. The van der Waals surface area contributed by atoms with Crippen molar-refractivity contribution >= 4 is 40.1 Å². The Morgan fingerprint density at radius 2 is 1.95 bits per heavy atom. The third-order valence-electron chi connectivity index (χ3n) is 2.94. The number of rotatable bonds is 3. The quantitative estimate of drug-likeness (QED) is 0.570. The number of amidine groups is 1. The topological polar surface area (TPSA) is 75.7 Å². The summed E-state index contributed by atoms with van der Waals surface area (Å²) < 4.78 is 0. The van der Waals surface area contributed by atoms with Gasteiger partial charge >= 0.3 is 0 Å². The number of pyridine rings is 2. The Hall–Kier alpha value is -2.11. The first-order chi connectivity index (χ1) is 10.2. The van der Waals surface area contributed by atoms with Gasteiger partial charge in [0.25, 0.3) is 0 Å². The van der Waals surface area contributed by atoms with Crippen LogP contribution >= 0.6 is 23.4 Å². The number of nitrogens with two attached hydrogens (primary N) is 1. The molecule has 2 aromatic heterocycles. The second kappa shape index (κ2) is 5.71. The molecule has 0 aliphatic rings. The van der Waals surface area contributed by atoms with Crippen LogP contribution in [0.2, 0.25) is 5.02 Å². The van der Waals surface area contributed by atoms with E-state index in [0.29, 0.717) is 15.6 Å². The highest BCUT2D eigenvalue weighted by Crippen LogP contribution is 2.37. The molecule has 0 aliphatic carbocycles. The summed E-state index contributed by atoms with van der Waals surface area (Å²) in [5.41, 5.74) is 7.10. The third kappa shape index (κ3) is 2.70. The van der Waals surface area contributed by atoms with Gasteiger partial charge < -0.3 is 5.73 Å². The first kappa shape index (κ1) is 13.9. The van der Waals surface area contributed by atoms with Crippen LogP contribution in [0, 0.1) is 5.41 Å². The fourth-order valence-corrected chi connectivity index (χ4v) is 3.23. The van der Waals surface area contributed by atoms with E-state index in [0.717, 1.165) is 15.8 Å². The predicted molar refractivity (Wildman–Crippen MR) is 86.1 cm³/mol. The first-order valence-electron chi connectivity index (χ1n) is 6.17. The number of fused-ring (bicyclic) bond motifs is 1. The summed E-state index contributed by atoms with van der Waals surface area (Å²) in [5.74, 6) is -0.0252. The SMILES string of the molecule is N=C(N)c1cnc2ccccc2c1Sc1ncccc1Cl. The summed E-state index contributed by atoms with van der Waals surface area (Å²) in [4.78, 5) is 9.46. The molecule has 6 heteroatoms. The van der Waals surface area contributed by atoms with E-state index in [1.807, 2.05) is 24.3 Å². The lowest BCUT2D eigenvalue weighted by atomic mass is 10.1. The molecular formula is C15H11ClN4S. The zero-order chi connectivity index (χ0) is 14.8. The van der Waals surface area contributed by atoms with Crippen molar-refractivity contribution < 1.29 is 0 Å². The maximum Gasteiger partial charge on any atom is 0.125 e. The second-order valence-corrected chi connectivity index (χ2v) is 5.73. The Morgan fingerprint density at radius 1 is 1.14 bits per heavy atom. The Morgan fingerprint density at radius 3 is 2.71 bits per heavy atom. The zero-order valence-electron chi connectivity index (χ0n) is 10.9. The van der Waals surface area contributed by atoms with Crippen LogP contribution in [-0.4, -0.2) is 15.8 Å². The summed E-state index contributed by atoms with van der Waals surface area (Å²) in [7, 11) is 0. The van der Waals surface area contributed by atoms with Gasteiger partial charge in [-0.15, -0.1) is 0 Å². The maximum absolute atomic E-state index is 7.74. The number of para-hydroxylation sites is 1. The van der Waals surface area contributed by atoms with Crippen molar-refractivity contribution in [1.82, 2.24) is 9.97 Å². The highest BCUT2D eigenvalue weighted by Gasteiger charge is 2.14. The van der Waals surface area contributed by atoms with Gasteiger partial charge in [-0.3, -0.25) is 10.4 Å². The van der Waals surface area contributed by atoms with Gasteiger partial charge in [0.2, 0.25) is 0 Å². The van der Waals surface area contributed by atoms with E-state index in [-0.39, 0.29) is 5.84 Å². The fourth-order valence-electron chi connectivity index (χ4n) is 1.96. The largest absolute Gasteiger partial charge is 0.384 e. The molecule has 0 atom stereocenters. The van der Waals surface area contributed by atoms with Crippen LogP contribution in [0.15, 0.2) is 58.7 Å². The summed E-state index contributed by atoms with van der Waals surface area (Å²) in [6, 6.07) is 11.3. The van der Waals surface area contributed by atoms with Crippen molar-refractivity contribution in [2.45, 2.75) is 9.92 Å². The molecular weight excluding hydrogens is 304 g/mol. The Bertz CT molecular complexity index is 835. The first-order valence-corrected chi connectivity index (χ1v) is 7.37. The molecule has 0 bridgehead atoms. The lowest BCUT2D eigenvalue weighted by Crippen LogP contribution is -2.13. The minimum atomic E-state index is -0.0252. The summed E-state index contributed by atoms with van der Waals surface area (Å²) in [5, 5.41) is 9.92. The Kier molecular flexibility index (Phi) is 3.77. The van der Waals surface area contributed by atoms with Gasteiger partial charge in [-0.2, -0.15) is 0 Å². The van der Waals surface area contributed by atoms with Gasteiger partial charge in [-0.05, 0) is 18.2 Å². The zero-order valence-corrected chi connectivity index (χ0v) is 12.4. The number of aromatic nitrogens is 2. The number of hydrogen-bond donors (Lipinski definition) is 2. The third-order valence-corrected chi connectivity index (χ3v) is 4.52. The van der Waals surface area contributed by atoms with Crippen LogP contribution in [0.4, 0.5) is 0 Å². The van der Waals surface area contributed by atoms with Gasteiger partial charge in [-0.1, -0.05) is 41.6 Å². The van der Waals surface area contributed by atoms with Crippen molar-refractivity contribution in [2.24, 2.45) is 5.73 Å². The molecule has 104 valence electrons. The molecule has 0 aliphatic heterocycles. The van der Waals surface area contributed by atoms with Gasteiger partial charge in [0.05, 0.1) is 10.5 Å². The molecule has 0 spiro atoms. The number of nitrogen functional groups attached to an aromatic ring is 1. The van der Waals surface area contributed by atoms with E-state index in [2.05, 4.69) is 9.97 Å². The van der Waals surface area contributed by atoms with Gasteiger partial charge in [-0.25, -0.2) is 4.98 Å². The molecule has 0 saturated carbocycles. The van der Waals surface area contributed by atoms with Gasteiger partial charge in [0.15, 0.2) is 0 Å². The molecule has 0 saturated heterocycles. The van der Waals surface area contributed by atoms with Crippen LogP contribution < -0.4 is 5.73 Å². The highest BCUT2D eigenvalue weighted by atomic mass is 35.5. The second-order valence-electron chi connectivity index (χ2n) is 4.32. The molecule has 0 radical (unpaired) electrons. The van der Waals surface area contributed by atoms with E-state index in [9.17, 15) is 0 Å². The van der Waals surface area contributed by atoms with Crippen LogP contribution in [0.1, 0.15) is 5.56 Å². The standard InChI is InChI=1S/C15H11ClN4S/c16-11-5-3-7-19-15(11)21-13-9-4-1-2-6-12(9)20-8-10(13)14(17)18/h1-8H,(H3,17,18). The number of nitrogens with zero attached hydrogens (tertiary/aromatic N) is 2. The lowest BCUT2D eigenvalue weighted by molar-refractivity contribution is 1.13. The minimum Gasteiger partial charge on any atom is -0.384 e. The smallest absolute Gasteiger partial charge is 0.125 e. The molecule has 0 fully saturated rings. The van der Waals surface area contributed by atoms with E-state index in [1.165, 1.54) is 11.8 Å². The van der Waals surface area contributed by atoms with Crippen molar-refractivity contribution in [3.8, 4) is 0 Å². The Balaban J connectivity index is 2.21.